The predicted molar refractivity (Wildman–Crippen MR) is 89.5 cm³/mol. The number of fused-ring (bicyclic) bond motifs is 1. The van der Waals surface area contributed by atoms with Crippen molar-refractivity contribution in [1.29, 1.82) is 0 Å². The average molecular weight is 338 g/mol. The first kappa shape index (κ1) is 15.6. The van der Waals surface area contributed by atoms with Crippen molar-refractivity contribution < 1.29 is 14.0 Å². The van der Waals surface area contributed by atoms with Crippen LogP contribution in [0.1, 0.15) is 37.6 Å². The molecule has 1 aliphatic rings. The van der Waals surface area contributed by atoms with E-state index in [4.69, 9.17) is 14.0 Å². The van der Waals surface area contributed by atoms with Gasteiger partial charge in [-0.15, -0.1) is 0 Å². The highest BCUT2D eigenvalue weighted by Crippen LogP contribution is 2.43. The number of benzene rings is 1. The fourth-order valence-corrected chi connectivity index (χ4v) is 3.08. The van der Waals surface area contributed by atoms with Gasteiger partial charge >= 0.3 is 0 Å². The molecule has 0 aliphatic carbocycles. The fourth-order valence-electron chi connectivity index (χ4n) is 3.08. The molecule has 25 heavy (non-hydrogen) atoms. The van der Waals surface area contributed by atoms with Crippen molar-refractivity contribution in [2.24, 2.45) is 0 Å². The van der Waals surface area contributed by atoms with Crippen LogP contribution in [-0.2, 0) is 0 Å². The molecule has 1 aliphatic heterocycles. The first-order valence-electron chi connectivity index (χ1n) is 8.04. The van der Waals surface area contributed by atoms with Crippen molar-refractivity contribution >= 4 is 0 Å². The van der Waals surface area contributed by atoms with E-state index in [9.17, 15) is 0 Å². The van der Waals surface area contributed by atoms with Gasteiger partial charge in [-0.3, -0.25) is 0 Å². The summed E-state index contributed by atoms with van der Waals surface area (Å²) >= 11 is 0. The highest BCUT2D eigenvalue weighted by molar-refractivity contribution is 5.50. The van der Waals surface area contributed by atoms with Crippen LogP contribution in [0.3, 0.4) is 0 Å². The molecule has 0 fully saturated rings. The van der Waals surface area contributed by atoms with E-state index in [0.717, 1.165) is 17.7 Å². The Bertz CT molecular complexity index is 907. The van der Waals surface area contributed by atoms with E-state index in [1.807, 2.05) is 24.3 Å². The first-order valence-corrected chi connectivity index (χ1v) is 8.04. The molecular formula is C18H18N4O3. The SMILES string of the molecule is COc1cc(-c2noc(C3CC(C)(C)Oc4ccccc43)n2)ncn1. The third-order valence-corrected chi connectivity index (χ3v) is 4.20. The Kier molecular flexibility index (Phi) is 3.63. The van der Waals surface area contributed by atoms with Crippen LogP contribution in [0, 0.1) is 0 Å². The smallest absolute Gasteiger partial charge is 0.234 e. The van der Waals surface area contributed by atoms with Gasteiger partial charge in [0.05, 0.1) is 13.0 Å². The van der Waals surface area contributed by atoms with Gasteiger partial charge in [0.25, 0.3) is 0 Å². The van der Waals surface area contributed by atoms with Gasteiger partial charge in [0, 0.05) is 18.1 Å². The summed E-state index contributed by atoms with van der Waals surface area (Å²) in [5, 5.41) is 4.08. The maximum Gasteiger partial charge on any atom is 0.234 e. The number of para-hydroxylation sites is 1. The number of rotatable bonds is 3. The number of hydrogen-bond acceptors (Lipinski definition) is 7. The van der Waals surface area contributed by atoms with Gasteiger partial charge in [0.2, 0.25) is 17.6 Å². The molecule has 0 radical (unpaired) electrons. The normalized spacial score (nSPS) is 18.3. The summed E-state index contributed by atoms with van der Waals surface area (Å²) in [6, 6.07) is 9.63. The molecule has 0 saturated carbocycles. The van der Waals surface area contributed by atoms with E-state index in [-0.39, 0.29) is 11.5 Å². The second-order valence-corrected chi connectivity index (χ2v) is 6.56. The number of hydrogen-bond donors (Lipinski definition) is 0. The Balaban J connectivity index is 1.72. The molecule has 3 aromatic rings. The maximum atomic E-state index is 6.07. The Labute approximate surface area is 145 Å². The molecule has 0 bridgehead atoms. The second kappa shape index (κ2) is 5.84. The van der Waals surface area contributed by atoms with Gasteiger partial charge in [-0.1, -0.05) is 23.4 Å². The van der Waals surface area contributed by atoms with Crippen LogP contribution in [0.2, 0.25) is 0 Å². The Morgan fingerprint density at radius 2 is 2.04 bits per heavy atom. The predicted octanol–water partition coefficient (Wildman–Crippen LogP) is 3.23. The van der Waals surface area contributed by atoms with E-state index in [0.29, 0.717) is 23.3 Å². The van der Waals surface area contributed by atoms with Gasteiger partial charge in [-0.05, 0) is 19.9 Å². The van der Waals surface area contributed by atoms with E-state index in [1.54, 1.807) is 13.2 Å². The van der Waals surface area contributed by atoms with Crippen molar-refractivity contribution in [1.82, 2.24) is 20.1 Å². The third-order valence-electron chi connectivity index (χ3n) is 4.20. The first-order chi connectivity index (χ1) is 12.1. The summed E-state index contributed by atoms with van der Waals surface area (Å²) in [6.07, 6.45) is 2.16. The third kappa shape index (κ3) is 2.93. The quantitative estimate of drug-likeness (QED) is 0.725. The van der Waals surface area contributed by atoms with Gasteiger partial charge in [0.1, 0.15) is 23.4 Å². The molecule has 1 atom stereocenters. The molecular weight excluding hydrogens is 320 g/mol. The van der Waals surface area contributed by atoms with E-state index in [2.05, 4.69) is 34.0 Å². The molecule has 7 heteroatoms. The molecule has 1 aromatic carbocycles. The molecule has 0 amide bonds. The minimum absolute atomic E-state index is 0.0232. The zero-order valence-corrected chi connectivity index (χ0v) is 14.3. The fraction of sp³-hybridized carbons (Fsp3) is 0.333. The Morgan fingerprint density at radius 3 is 2.88 bits per heavy atom. The Morgan fingerprint density at radius 1 is 1.20 bits per heavy atom. The highest BCUT2D eigenvalue weighted by Gasteiger charge is 2.37. The number of aromatic nitrogens is 4. The molecule has 0 N–H and O–H groups in total. The van der Waals surface area contributed by atoms with E-state index >= 15 is 0 Å². The zero-order valence-electron chi connectivity index (χ0n) is 14.3. The van der Waals surface area contributed by atoms with Crippen molar-refractivity contribution in [2.45, 2.75) is 31.8 Å². The van der Waals surface area contributed by atoms with Crippen molar-refractivity contribution in [2.75, 3.05) is 7.11 Å². The van der Waals surface area contributed by atoms with Crippen LogP contribution in [0.4, 0.5) is 0 Å². The van der Waals surface area contributed by atoms with Crippen LogP contribution < -0.4 is 9.47 Å². The van der Waals surface area contributed by atoms with Gasteiger partial charge < -0.3 is 14.0 Å². The number of ether oxygens (including phenoxy) is 2. The molecule has 2 aromatic heterocycles. The molecule has 7 nitrogen and oxygen atoms in total. The lowest BCUT2D eigenvalue weighted by atomic mass is 9.84. The van der Waals surface area contributed by atoms with Crippen LogP contribution in [-0.4, -0.2) is 32.8 Å². The lowest BCUT2D eigenvalue weighted by molar-refractivity contribution is 0.0725. The largest absolute Gasteiger partial charge is 0.488 e. The maximum absolute atomic E-state index is 6.07. The molecule has 0 spiro atoms. The molecule has 128 valence electrons. The van der Waals surface area contributed by atoms with E-state index < -0.39 is 0 Å². The van der Waals surface area contributed by atoms with Gasteiger partial charge in [-0.2, -0.15) is 4.98 Å². The van der Waals surface area contributed by atoms with Crippen LogP contribution in [0.15, 0.2) is 41.2 Å². The summed E-state index contributed by atoms with van der Waals surface area (Å²) in [7, 11) is 1.55. The number of nitrogens with zero attached hydrogens (tertiary/aromatic N) is 4. The van der Waals surface area contributed by atoms with Crippen LogP contribution in [0.5, 0.6) is 11.6 Å². The minimum atomic E-state index is -0.314. The van der Waals surface area contributed by atoms with E-state index in [1.165, 1.54) is 6.33 Å². The Hall–Kier alpha value is -2.96. The topological polar surface area (TPSA) is 83.2 Å². The average Bonchev–Trinajstić information content (AvgIpc) is 3.10. The summed E-state index contributed by atoms with van der Waals surface area (Å²) < 4.78 is 16.7. The van der Waals surface area contributed by atoms with Gasteiger partial charge in [0.15, 0.2) is 0 Å². The van der Waals surface area contributed by atoms with Crippen LogP contribution in [0.25, 0.3) is 11.5 Å². The summed E-state index contributed by atoms with van der Waals surface area (Å²) in [4.78, 5) is 12.7. The van der Waals surface area contributed by atoms with Gasteiger partial charge in [-0.25, -0.2) is 9.97 Å². The van der Waals surface area contributed by atoms with Crippen LogP contribution >= 0.6 is 0 Å². The van der Waals surface area contributed by atoms with Crippen molar-refractivity contribution in [3.05, 3.63) is 48.1 Å². The lowest BCUT2D eigenvalue weighted by Crippen LogP contribution is -2.35. The molecule has 1 unspecified atom stereocenters. The minimum Gasteiger partial charge on any atom is -0.488 e. The zero-order chi connectivity index (χ0) is 17.4. The summed E-state index contributed by atoms with van der Waals surface area (Å²) in [6.45, 7) is 4.12. The monoisotopic (exact) mass is 338 g/mol. The standard InChI is InChI=1S/C18H18N4O3/c1-18(2)9-12(11-6-4-5-7-14(11)24-18)17-21-16(22-25-17)13-8-15(23-3)20-10-19-13/h4-8,10,12H,9H2,1-3H3. The molecule has 4 rings (SSSR count). The highest BCUT2D eigenvalue weighted by atomic mass is 16.5. The summed E-state index contributed by atoms with van der Waals surface area (Å²) in [5.41, 5.74) is 1.30. The number of methoxy groups -OCH3 is 1. The van der Waals surface area contributed by atoms with Crippen molar-refractivity contribution in [3.63, 3.8) is 0 Å². The summed E-state index contributed by atoms with van der Waals surface area (Å²) in [5.74, 6) is 2.25. The van der Waals surface area contributed by atoms with Crippen molar-refractivity contribution in [3.8, 4) is 23.1 Å². The molecule has 3 heterocycles. The molecule has 0 saturated heterocycles. The second-order valence-electron chi connectivity index (χ2n) is 6.56. The lowest BCUT2D eigenvalue weighted by Gasteiger charge is -2.36.